The normalized spacial score (nSPS) is 16.2. The summed E-state index contributed by atoms with van der Waals surface area (Å²) in [6.45, 7) is 8.76. The van der Waals surface area contributed by atoms with Crippen molar-refractivity contribution in [2.75, 3.05) is 31.1 Å². The molecule has 1 aliphatic rings. The van der Waals surface area contributed by atoms with Crippen molar-refractivity contribution in [1.29, 1.82) is 0 Å². The highest BCUT2D eigenvalue weighted by atomic mass is 35.5. The molecule has 1 aromatic heterocycles. The maximum atomic E-state index is 7.35. The lowest BCUT2D eigenvalue weighted by Crippen LogP contribution is -2.44. The van der Waals surface area contributed by atoms with E-state index in [1.807, 2.05) is 24.3 Å². The van der Waals surface area contributed by atoms with Gasteiger partial charge in [-0.3, -0.25) is 4.98 Å². The van der Waals surface area contributed by atoms with Gasteiger partial charge in [0.05, 0.1) is 6.61 Å². The third-order valence-electron chi connectivity index (χ3n) is 5.97. The van der Waals surface area contributed by atoms with E-state index >= 15 is 0 Å². The predicted molar refractivity (Wildman–Crippen MR) is 128 cm³/mol. The van der Waals surface area contributed by atoms with E-state index in [9.17, 15) is 0 Å². The first-order chi connectivity index (χ1) is 15.1. The molecule has 0 aliphatic carbocycles. The van der Waals surface area contributed by atoms with Crippen molar-refractivity contribution < 1.29 is 4.74 Å². The van der Waals surface area contributed by atoms with Gasteiger partial charge in [-0.05, 0) is 54.3 Å². The Hall–Kier alpha value is -2.40. The molecule has 0 saturated carbocycles. The number of rotatable bonds is 7. The molecule has 2 aromatic carbocycles. The summed E-state index contributed by atoms with van der Waals surface area (Å²) in [6, 6.07) is 18.7. The molecular weight excluding hydrogens is 406 g/mol. The van der Waals surface area contributed by atoms with E-state index in [1.54, 1.807) is 12.4 Å². The van der Waals surface area contributed by atoms with Crippen LogP contribution in [0.2, 0.25) is 0 Å². The lowest BCUT2D eigenvalue weighted by Gasteiger charge is -2.34. The van der Waals surface area contributed by atoms with Crippen LogP contribution in [-0.2, 0) is 22.8 Å². The summed E-state index contributed by atoms with van der Waals surface area (Å²) in [5, 5.41) is 2.36. The van der Waals surface area contributed by atoms with Crippen LogP contribution in [0.1, 0.15) is 34.7 Å². The van der Waals surface area contributed by atoms with Crippen LogP contribution in [0.25, 0.3) is 0 Å². The Balaban J connectivity index is 1.73. The molecule has 0 radical (unpaired) electrons. The van der Waals surface area contributed by atoms with Gasteiger partial charge in [0.1, 0.15) is 0 Å². The fourth-order valence-electron chi connectivity index (χ4n) is 4.20. The Labute approximate surface area is 190 Å². The highest BCUT2D eigenvalue weighted by Gasteiger charge is 2.35. The number of nitrogens with zero attached hydrogens (tertiary/aromatic N) is 2. The van der Waals surface area contributed by atoms with Gasteiger partial charge < -0.3 is 15.0 Å². The highest BCUT2D eigenvalue weighted by molar-refractivity contribution is 6.25. The molecule has 0 amide bonds. The Morgan fingerprint density at radius 2 is 1.81 bits per heavy atom. The number of hydrogen-bond donors (Lipinski definition) is 1. The van der Waals surface area contributed by atoms with Crippen LogP contribution in [0.4, 0.5) is 5.69 Å². The molecule has 0 bridgehead atoms. The van der Waals surface area contributed by atoms with Crippen molar-refractivity contribution >= 4 is 17.3 Å². The van der Waals surface area contributed by atoms with E-state index in [-0.39, 0.29) is 0 Å². The monoisotopic (exact) mass is 435 g/mol. The van der Waals surface area contributed by atoms with Crippen molar-refractivity contribution in [3.8, 4) is 0 Å². The van der Waals surface area contributed by atoms with E-state index in [2.05, 4.69) is 59.4 Å². The first kappa shape index (κ1) is 21.8. The van der Waals surface area contributed by atoms with Crippen LogP contribution in [0.15, 0.2) is 67.0 Å². The third-order valence-corrected chi connectivity index (χ3v) is 6.50. The number of aromatic nitrogens is 1. The van der Waals surface area contributed by atoms with Gasteiger partial charge in [0.2, 0.25) is 0 Å². The second-order valence-electron chi connectivity index (χ2n) is 7.99. The maximum Gasteiger partial charge on any atom is 0.193 e. The zero-order valence-electron chi connectivity index (χ0n) is 18.3. The largest absolute Gasteiger partial charge is 0.369 e. The van der Waals surface area contributed by atoms with Crippen LogP contribution in [0, 0.1) is 6.92 Å². The zero-order chi connectivity index (χ0) is 21.7. The molecular formula is C26H30ClN3O. The molecule has 5 heteroatoms. The van der Waals surface area contributed by atoms with Gasteiger partial charge >= 0.3 is 0 Å². The van der Waals surface area contributed by atoms with Gasteiger partial charge in [-0.15, -0.1) is 0 Å². The van der Waals surface area contributed by atoms with E-state index < -0.39 is 5.06 Å². The minimum atomic E-state index is -1.07. The summed E-state index contributed by atoms with van der Waals surface area (Å²) in [6.07, 6.45) is 4.50. The van der Waals surface area contributed by atoms with E-state index in [0.29, 0.717) is 6.61 Å². The maximum absolute atomic E-state index is 7.35. The zero-order valence-corrected chi connectivity index (χ0v) is 19.0. The summed E-state index contributed by atoms with van der Waals surface area (Å²) in [5.41, 5.74) is 6.69. The van der Waals surface area contributed by atoms with Crippen LogP contribution in [-0.4, -0.2) is 31.2 Å². The predicted octanol–water partition coefficient (Wildman–Crippen LogP) is 5.02. The standard InChI is InChI=1S/C26H30ClN3O/c1-3-22-18-23(8-9-25(22)30-16-14-29-15-17-30)26(27,24-7-5-4-6-20(24)2)31-19-21-10-12-28-13-11-21/h4-13,18,29H,3,14-17,19H2,1-2H3. The minimum absolute atomic E-state index is 0.404. The van der Waals surface area contributed by atoms with E-state index in [4.69, 9.17) is 16.3 Å². The van der Waals surface area contributed by atoms with Crippen molar-refractivity contribution in [1.82, 2.24) is 10.3 Å². The number of benzene rings is 2. The van der Waals surface area contributed by atoms with Gasteiger partial charge in [-0.25, -0.2) is 0 Å². The molecule has 1 N–H and O–H groups in total. The minimum Gasteiger partial charge on any atom is -0.369 e. The number of halogens is 1. The second-order valence-corrected chi connectivity index (χ2v) is 8.52. The lowest BCUT2D eigenvalue weighted by atomic mass is 9.94. The number of pyridine rings is 1. The Morgan fingerprint density at radius 3 is 2.52 bits per heavy atom. The van der Waals surface area contributed by atoms with Crippen molar-refractivity contribution in [3.63, 3.8) is 0 Å². The summed E-state index contributed by atoms with van der Waals surface area (Å²) < 4.78 is 6.47. The quantitative estimate of drug-likeness (QED) is 0.529. The fourth-order valence-corrected chi connectivity index (χ4v) is 4.58. The number of hydrogen-bond acceptors (Lipinski definition) is 4. The molecule has 2 heterocycles. The topological polar surface area (TPSA) is 37.4 Å². The van der Waals surface area contributed by atoms with Crippen molar-refractivity contribution in [2.24, 2.45) is 0 Å². The molecule has 1 unspecified atom stereocenters. The molecule has 0 spiro atoms. The second kappa shape index (κ2) is 9.82. The average molecular weight is 436 g/mol. The summed E-state index contributed by atoms with van der Waals surface area (Å²) >= 11 is 7.35. The molecule has 3 aromatic rings. The number of anilines is 1. The van der Waals surface area contributed by atoms with Crippen LogP contribution >= 0.6 is 11.6 Å². The SMILES string of the molecule is CCc1cc(C(Cl)(OCc2ccncc2)c2ccccc2C)ccc1N1CCNCC1. The number of nitrogens with one attached hydrogen (secondary N) is 1. The van der Waals surface area contributed by atoms with Crippen LogP contribution < -0.4 is 10.2 Å². The Morgan fingerprint density at radius 1 is 1.06 bits per heavy atom. The molecule has 1 aliphatic heterocycles. The summed E-state index contributed by atoms with van der Waals surface area (Å²) in [4.78, 5) is 6.56. The number of alkyl halides is 1. The molecule has 162 valence electrons. The molecule has 1 saturated heterocycles. The Bertz CT molecular complexity index is 1000. The number of piperazine rings is 1. The van der Waals surface area contributed by atoms with Crippen LogP contribution in [0.3, 0.4) is 0 Å². The summed E-state index contributed by atoms with van der Waals surface area (Å²) in [5.74, 6) is 0. The fraction of sp³-hybridized carbons (Fsp3) is 0.346. The molecule has 4 rings (SSSR count). The lowest BCUT2D eigenvalue weighted by molar-refractivity contribution is 0.0324. The molecule has 31 heavy (non-hydrogen) atoms. The van der Waals surface area contributed by atoms with Gasteiger partial charge in [-0.2, -0.15) is 0 Å². The van der Waals surface area contributed by atoms with E-state index in [1.165, 1.54) is 11.3 Å². The van der Waals surface area contributed by atoms with Crippen LogP contribution in [0.5, 0.6) is 0 Å². The number of aryl methyl sites for hydroxylation is 2. The molecule has 1 atom stereocenters. The van der Waals surface area contributed by atoms with Crippen molar-refractivity contribution in [2.45, 2.75) is 31.9 Å². The van der Waals surface area contributed by atoms with Gasteiger partial charge in [0.25, 0.3) is 0 Å². The molecule has 1 fully saturated rings. The first-order valence-corrected chi connectivity index (χ1v) is 11.4. The molecule has 4 nitrogen and oxygen atoms in total. The van der Waals surface area contributed by atoms with Gasteiger partial charge in [0, 0.05) is 55.4 Å². The third kappa shape index (κ3) is 4.77. The Kier molecular flexibility index (Phi) is 6.91. The first-order valence-electron chi connectivity index (χ1n) is 11.0. The smallest absolute Gasteiger partial charge is 0.193 e. The average Bonchev–Trinajstić information content (AvgIpc) is 2.83. The summed E-state index contributed by atoms with van der Waals surface area (Å²) in [7, 11) is 0. The van der Waals surface area contributed by atoms with Gasteiger partial charge in [-0.1, -0.05) is 48.9 Å². The highest BCUT2D eigenvalue weighted by Crippen LogP contribution is 2.42. The van der Waals surface area contributed by atoms with Gasteiger partial charge in [0.15, 0.2) is 5.06 Å². The van der Waals surface area contributed by atoms with Crippen molar-refractivity contribution in [3.05, 3.63) is 94.8 Å². The number of ether oxygens (including phenoxy) is 1. The van der Waals surface area contributed by atoms with E-state index in [0.717, 1.165) is 54.9 Å².